The van der Waals surface area contributed by atoms with Crippen LogP contribution >= 0.6 is 24.0 Å². The predicted molar refractivity (Wildman–Crippen MR) is 101 cm³/mol. The lowest BCUT2D eigenvalue weighted by Gasteiger charge is -2.10. The van der Waals surface area contributed by atoms with Crippen LogP contribution in [0.15, 0.2) is 41.4 Å². The number of hydrogen-bond donors (Lipinski definition) is 2. The molecule has 1 rings (SSSR count). The van der Waals surface area contributed by atoms with Crippen molar-refractivity contribution in [2.75, 3.05) is 13.1 Å². The molecule has 0 radical (unpaired) electrons. The zero-order valence-electron chi connectivity index (χ0n) is 13.1. The van der Waals surface area contributed by atoms with E-state index in [9.17, 15) is 0 Å². The number of halogens is 1. The van der Waals surface area contributed by atoms with E-state index in [0.717, 1.165) is 24.3 Å². The zero-order valence-corrected chi connectivity index (χ0v) is 15.4. The van der Waals surface area contributed by atoms with E-state index in [1.807, 2.05) is 32.9 Å². The highest BCUT2D eigenvalue weighted by molar-refractivity contribution is 14.0. The summed E-state index contributed by atoms with van der Waals surface area (Å²) in [6.07, 6.45) is 1.09. The standard InChI is InChI=1S/C16H25N3O.HI/c1-12(2)11-19-16(17)18-10-9-14-5-7-15(8-6-14)20-13(3)4;/h5-8,13H,1,9-11H2,2-4H3,(H3,17,18,19);1H. The van der Waals surface area contributed by atoms with Gasteiger partial charge in [0.05, 0.1) is 12.6 Å². The van der Waals surface area contributed by atoms with E-state index in [2.05, 4.69) is 29.0 Å². The first-order valence-corrected chi connectivity index (χ1v) is 6.91. The largest absolute Gasteiger partial charge is 0.491 e. The van der Waals surface area contributed by atoms with Gasteiger partial charge in [-0.25, -0.2) is 4.99 Å². The number of rotatable bonds is 7. The van der Waals surface area contributed by atoms with E-state index >= 15 is 0 Å². The topological polar surface area (TPSA) is 59.6 Å². The Morgan fingerprint density at radius 2 is 1.95 bits per heavy atom. The van der Waals surface area contributed by atoms with Crippen molar-refractivity contribution in [2.24, 2.45) is 10.7 Å². The van der Waals surface area contributed by atoms with Crippen LogP contribution in [-0.4, -0.2) is 25.2 Å². The summed E-state index contributed by atoms with van der Waals surface area (Å²) in [4.78, 5) is 4.17. The van der Waals surface area contributed by atoms with Crippen LogP contribution in [0.5, 0.6) is 5.75 Å². The van der Waals surface area contributed by atoms with Crippen molar-refractivity contribution >= 4 is 29.9 Å². The third-order valence-corrected chi connectivity index (χ3v) is 2.53. The Morgan fingerprint density at radius 3 is 2.48 bits per heavy atom. The number of ether oxygens (including phenoxy) is 1. The van der Waals surface area contributed by atoms with E-state index < -0.39 is 0 Å². The maximum absolute atomic E-state index is 5.74. The van der Waals surface area contributed by atoms with Gasteiger partial charge in [-0.15, -0.1) is 24.0 Å². The molecule has 0 heterocycles. The van der Waals surface area contributed by atoms with Gasteiger partial charge in [-0.05, 0) is 44.9 Å². The Hall–Kier alpha value is -1.24. The third kappa shape index (κ3) is 9.33. The molecule has 4 nitrogen and oxygen atoms in total. The molecular weight excluding hydrogens is 377 g/mol. The average molecular weight is 403 g/mol. The lowest BCUT2D eigenvalue weighted by Crippen LogP contribution is -2.33. The van der Waals surface area contributed by atoms with Gasteiger partial charge < -0.3 is 15.8 Å². The molecule has 0 unspecified atom stereocenters. The number of benzene rings is 1. The predicted octanol–water partition coefficient (Wildman–Crippen LogP) is 3.11. The molecule has 5 heteroatoms. The molecular formula is C16H26IN3O. The average Bonchev–Trinajstić information content (AvgIpc) is 2.38. The lowest BCUT2D eigenvalue weighted by molar-refractivity contribution is 0.242. The Balaban J connectivity index is 0.00000400. The summed E-state index contributed by atoms with van der Waals surface area (Å²) in [6.45, 7) is 11.1. The summed E-state index contributed by atoms with van der Waals surface area (Å²) in [6, 6.07) is 8.13. The number of nitrogens with two attached hydrogens (primary N) is 1. The second kappa shape index (κ2) is 10.5. The molecule has 0 saturated heterocycles. The fourth-order valence-electron chi connectivity index (χ4n) is 1.62. The van der Waals surface area contributed by atoms with Crippen LogP contribution in [0.2, 0.25) is 0 Å². The number of guanidine groups is 1. The molecule has 1 aromatic rings. The van der Waals surface area contributed by atoms with Crippen molar-refractivity contribution in [3.63, 3.8) is 0 Å². The van der Waals surface area contributed by atoms with Gasteiger partial charge in [-0.3, -0.25) is 0 Å². The smallest absolute Gasteiger partial charge is 0.188 e. The van der Waals surface area contributed by atoms with E-state index in [1.54, 1.807) is 0 Å². The Bertz CT molecular complexity index is 455. The van der Waals surface area contributed by atoms with Gasteiger partial charge >= 0.3 is 0 Å². The fourth-order valence-corrected chi connectivity index (χ4v) is 1.62. The second-order valence-electron chi connectivity index (χ2n) is 5.15. The van der Waals surface area contributed by atoms with Crippen molar-refractivity contribution in [2.45, 2.75) is 33.3 Å². The van der Waals surface area contributed by atoms with E-state index in [-0.39, 0.29) is 30.1 Å². The molecule has 0 aliphatic heterocycles. The van der Waals surface area contributed by atoms with E-state index in [1.165, 1.54) is 5.56 Å². The summed E-state index contributed by atoms with van der Waals surface area (Å²) < 4.78 is 5.60. The van der Waals surface area contributed by atoms with Crippen molar-refractivity contribution in [3.8, 4) is 5.75 Å². The molecule has 118 valence electrons. The minimum atomic E-state index is 0. The minimum absolute atomic E-state index is 0. The number of nitrogens with zero attached hydrogens (tertiary/aromatic N) is 1. The van der Waals surface area contributed by atoms with Crippen LogP contribution in [0.25, 0.3) is 0 Å². The first kappa shape index (κ1) is 19.8. The lowest BCUT2D eigenvalue weighted by atomic mass is 10.1. The maximum atomic E-state index is 5.74. The van der Waals surface area contributed by atoms with Gasteiger partial charge in [-0.2, -0.15) is 0 Å². The molecule has 0 atom stereocenters. The third-order valence-electron chi connectivity index (χ3n) is 2.53. The first-order chi connectivity index (χ1) is 9.47. The molecule has 0 spiro atoms. The summed E-state index contributed by atoms with van der Waals surface area (Å²) in [5.41, 5.74) is 7.98. The van der Waals surface area contributed by atoms with Crippen LogP contribution in [0.1, 0.15) is 26.3 Å². The minimum Gasteiger partial charge on any atom is -0.491 e. The van der Waals surface area contributed by atoms with Gasteiger partial charge in [0.25, 0.3) is 0 Å². The van der Waals surface area contributed by atoms with Crippen LogP contribution in [0.3, 0.4) is 0 Å². The normalized spacial score (nSPS) is 11.0. The molecule has 21 heavy (non-hydrogen) atoms. The highest BCUT2D eigenvalue weighted by Gasteiger charge is 1.98. The van der Waals surface area contributed by atoms with Crippen LogP contribution in [0.4, 0.5) is 0 Å². The quantitative estimate of drug-likeness (QED) is 0.318. The highest BCUT2D eigenvalue weighted by Crippen LogP contribution is 2.13. The highest BCUT2D eigenvalue weighted by atomic mass is 127. The molecule has 1 aromatic carbocycles. The number of aliphatic imine (C=N–C) groups is 1. The monoisotopic (exact) mass is 403 g/mol. The van der Waals surface area contributed by atoms with Gasteiger partial charge in [0.15, 0.2) is 5.96 Å². The zero-order chi connectivity index (χ0) is 15.0. The Labute approximate surface area is 144 Å². The molecule has 0 saturated carbocycles. The van der Waals surface area contributed by atoms with Gasteiger partial charge in [-0.1, -0.05) is 24.3 Å². The summed E-state index contributed by atoms with van der Waals surface area (Å²) in [7, 11) is 0. The summed E-state index contributed by atoms with van der Waals surface area (Å²) in [5.74, 6) is 1.37. The molecule has 0 amide bonds. The van der Waals surface area contributed by atoms with Gasteiger partial charge in [0.1, 0.15) is 5.75 Å². The van der Waals surface area contributed by atoms with Crippen molar-refractivity contribution < 1.29 is 4.74 Å². The Kier molecular flexibility index (Phi) is 9.86. The van der Waals surface area contributed by atoms with Crippen molar-refractivity contribution in [1.82, 2.24) is 5.32 Å². The molecule has 0 fully saturated rings. The second-order valence-corrected chi connectivity index (χ2v) is 5.15. The summed E-state index contributed by atoms with van der Waals surface area (Å²) in [5, 5.41) is 3.09. The van der Waals surface area contributed by atoms with Gasteiger partial charge in [0, 0.05) is 6.54 Å². The Morgan fingerprint density at radius 1 is 1.33 bits per heavy atom. The van der Waals surface area contributed by atoms with Crippen molar-refractivity contribution in [3.05, 3.63) is 42.0 Å². The first-order valence-electron chi connectivity index (χ1n) is 6.91. The van der Waals surface area contributed by atoms with Crippen LogP contribution < -0.4 is 15.8 Å². The van der Waals surface area contributed by atoms with Crippen LogP contribution in [0, 0.1) is 0 Å². The molecule has 3 N–H and O–H groups in total. The fraction of sp³-hybridized carbons (Fsp3) is 0.438. The summed E-state index contributed by atoms with van der Waals surface area (Å²) >= 11 is 0. The van der Waals surface area contributed by atoms with Gasteiger partial charge in [0.2, 0.25) is 0 Å². The molecule has 0 aliphatic carbocycles. The molecule has 0 aliphatic rings. The number of nitrogens with one attached hydrogen (secondary N) is 1. The maximum Gasteiger partial charge on any atom is 0.188 e. The molecule has 0 bridgehead atoms. The van der Waals surface area contributed by atoms with E-state index in [4.69, 9.17) is 10.5 Å². The SMILES string of the molecule is C=C(C)CN=C(N)NCCc1ccc(OC(C)C)cc1.I. The van der Waals surface area contributed by atoms with Crippen LogP contribution in [-0.2, 0) is 6.42 Å². The van der Waals surface area contributed by atoms with E-state index in [0.29, 0.717) is 12.5 Å². The molecule has 0 aromatic heterocycles. The van der Waals surface area contributed by atoms with Crippen molar-refractivity contribution in [1.29, 1.82) is 0 Å². The number of hydrogen-bond acceptors (Lipinski definition) is 2.